The molecule has 2 amide bonds. The Morgan fingerprint density at radius 1 is 1.15 bits per heavy atom. The number of carbonyl (C=O) groups is 2. The van der Waals surface area contributed by atoms with Gasteiger partial charge in [-0.2, -0.15) is 4.72 Å². The summed E-state index contributed by atoms with van der Waals surface area (Å²) in [7, 11) is -3.95. The van der Waals surface area contributed by atoms with Crippen LogP contribution in [0.25, 0.3) is 0 Å². The van der Waals surface area contributed by atoms with Gasteiger partial charge >= 0.3 is 0 Å². The first-order valence-corrected chi connectivity index (χ1v) is 7.84. The summed E-state index contributed by atoms with van der Waals surface area (Å²) < 4.78 is 26.5. The number of amides is 2. The molecule has 0 aliphatic carbocycles. The van der Waals surface area contributed by atoms with Crippen LogP contribution in [-0.4, -0.2) is 26.3 Å². The topological polar surface area (TPSA) is 92.3 Å². The van der Waals surface area contributed by atoms with E-state index in [0.29, 0.717) is 0 Å². The van der Waals surface area contributed by atoms with E-state index < -0.39 is 27.9 Å². The van der Waals surface area contributed by atoms with Crippen LogP contribution in [-0.2, 0) is 19.6 Å². The number of benzene rings is 1. The SMILES string of the molecule is O=C1CCC(NS(=O)(=O)c2cc(Cl)cc(Cl)c2)C(=O)N1. The van der Waals surface area contributed by atoms with Gasteiger partial charge in [0.05, 0.1) is 4.90 Å². The molecule has 1 atom stereocenters. The lowest BCUT2D eigenvalue weighted by molar-refractivity contribution is -0.134. The van der Waals surface area contributed by atoms with Crippen LogP contribution in [0, 0.1) is 0 Å². The van der Waals surface area contributed by atoms with Gasteiger partial charge in [0, 0.05) is 16.5 Å². The largest absolute Gasteiger partial charge is 0.295 e. The molecular weight excluding hydrogens is 327 g/mol. The molecule has 1 heterocycles. The fourth-order valence-corrected chi connectivity index (χ4v) is 3.70. The molecule has 1 aromatic carbocycles. The van der Waals surface area contributed by atoms with E-state index in [1.165, 1.54) is 18.2 Å². The zero-order valence-electron chi connectivity index (χ0n) is 10.0. The van der Waals surface area contributed by atoms with Crippen molar-refractivity contribution in [3.63, 3.8) is 0 Å². The van der Waals surface area contributed by atoms with Gasteiger partial charge in [-0.1, -0.05) is 23.2 Å². The molecule has 0 spiro atoms. The molecule has 0 bridgehead atoms. The van der Waals surface area contributed by atoms with Gasteiger partial charge in [-0.05, 0) is 24.6 Å². The number of halogens is 2. The number of piperidine rings is 1. The lowest BCUT2D eigenvalue weighted by Crippen LogP contribution is -2.52. The number of carbonyl (C=O) groups excluding carboxylic acids is 2. The predicted molar refractivity (Wildman–Crippen MR) is 73.0 cm³/mol. The highest BCUT2D eigenvalue weighted by Crippen LogP contribution is 2.22. The van der Waals surface area contributed by atoms with Gasteiger partial charge in [0.2, 0.25) is 21.8 Å². The lowest BCUT2D eigenvalue weighted by atomic mass is 10.1. The van der Waals surface area contributed by atoms with Gasteiger partial charge in [-0.3, -0.25) is 14.9 Å². The molecule has 1 fully saturated rings. The number of hydrogen-bond acceptors (Lipinski definition) is 4. The van der Waals surface area contributed by atoms with E-state index >= 15 is 0 Å². The molecule has 1 aliphatic heterocycles. The van der Waals surface area contributed by atoms with Crippen molar-refractivity contribution in [1.82, 2.24) is 10.0 Å². The summed E-state index contributed by atoms with van der Waals surface area (Å²) in [6, 6.07) is 2.85. The Morgan fingerprint density at radius 3 is 2.30 bits per heavy atom. The summed E-state index contributed by atoms with van der Waals surface area (Å²) in [5, 5.41) is 2.40. The first-order valence-electron chi connectivity index (χ1n) is 5.60. The maximum atomic E-state index is 12.1. The zero-order chi connectivity index (χ0) is 14.9. The summed E-state index contributed by atoms with van der Waals surface area (Å²) in [5.74, 6) is -1.09. The highest BCUT2D eigenvalue weighted by atomic mass is 35.5. The molecule has 2 N–H and O–H groups in total. The smallest absolute Gasteiger partial charge is 0.244 e. The van der Waals surface area contributed by atoms with Gasteiger partial charge in [0.15, 0.2) is 0 Å². The van der Waals surface area contributed by atoms with Crippen LogP contribution in [0.15, 0.2) is 23.1 Å². The van der Waals surface area contributed by atoms with E-state index in [1.54, 1.807) is 0 Å². The van der Waals surface area contributed by atoms with Gasteiger partial charge in [0.1, 0.15) is 6.04 Å². The third-order valence-electron chi connectivity index (χ3n) is 2.68. The summed E-state index contributed by atoms with van der Waals surface area (Å²) in [6.45, 7) is 0. The third-order valence-corrected chi connectivity index (χ3v) is 4.57. The van der Waals surface area contributed by atoms with Crippen LogP contribution in [0.2, 0.25) is 10.0 Å². The zero-order valence-corrected chi connectivity index (χ0v) is 12.3. The molecule has 20 heavy (non-hydrogen) atoms. The van der Waals surface area contributed by atoms with Crippen LogP contribution in [0.1, 0.15) is 12.8 Å². The van der Waals surface area contributed by atoms with Gasteiger partial charge in [0.25, 0.3) is 0 Å². The Balaban J connectivity index is 2.23. The van der Waals surface area contributed by atoms with Crippen molar-refractivity contribution in [1.29, 1.82) is 0 Å². The van der Waals surface area contributed by atoms with Crippen molar-refractivity contribution >= 4 is 45.0 Å². The molecule has 1 aromatic rings. The number of nitrogens with one attached hydrogen (secondary N) is 2. The first-order chi connectivity index (χ1) is 9.28. The van der Waals surface area contributed by atoms with E-state index in [1.807, 2.05) is 0 Å². The highest BCUT2D eigenvalue weighted by Gasteiger charge is 2.30. The second kappa shape index (κ2) is 5.69. The van der Waals surface area contributed by atoms with Crippen molar-refractivity contribution < 1.29 is 18.0 Å². The molecule has 1 saturated heterocycles. The Morgan fingerprint density at radius 2 is 1.75 bits per heavy atom. The van der Waals surface area contributed by atoms with Crippen molar-refractivity contribution in [2.45, 2.75) is 23.8 Å². The predicted octanol–water partition coefficient (Wildman–Crippen LogP) is 1.08. The second-order valence-electron chi connectivity index (χ2n) is 4.23. The molecule has 108 valence electrons. The third kappa shape index (κ3) is 3.49. The number of imide groups is 1. The maximum absolute atomic E-state index is 12.1. The molecule has 0 radical (unpaired) electrons. The summed E-state index contributed by atoms with van der Waals surface area (Å²) in [6.07, 6.45) is 0.188. The quantitative estimate of drug-likeness (QED) is 0.807. The molecule has 0 saturated carbocycles. The molecule has 1 aliphatic rings. The van der Waals surface area contributed by atoms with E-state index in [-0.39, 0.29) is 27.8 Å². The van der Waals surface area contributed by atoms with Gasteiger partial charge in [-0.15, -0.1) is 0 Å². The number of hydrogen-bond donors (Lipinski definition) is 2. The van der Waals surface area contributed by atoms with Crippen LogP contribution in [0.3, 0.4) is 0 Å². The van der Waals surface area contributed by atoms with Crippen LogP contribution < -0.4 is 10.0 Å². The summed E-state index contributed by atoms with van der Waals surface area (Å²) in [4.78, 5) is 22.4. The molecule has 2 rings (SSSR count). The minimum absolute atomic E-state index is 0.0786. The van der Waals surface area contributed by atoms with Crippen LogP contribution in [0.5, 0.6) is 0 Å². The van der Waals surface area contributed by atoms with Crippen molar-refractivity contribution in [2.75, 3.05) is 0 Å². The van der Waals surface area contributed by atoms with E-state index in [0.717, 1.165) is 0 Å². The second-order valence-corrected chi connectivity index (χ2v) is 6.82. The first kappa shape index (κ1) is 15.2. The minimum Gasteiger partial charge on any atom is -0.295 e. The fraction of sp³-hybridized carbons (Fsp3) is 0.273. The van der Waals surface area contributed by atoms with E-state index in [2.05, 4.69) is 10.0 Å². The van der Waals surface area contributed by atoms with Crippen LogP contribution in [0.4, 0.5) is 0 Å². The van der Waals surface area contributed by atoms with E-state index in [4.69, 9.17) is 23.2 Å². The molecular formula is C11H10Cl2N2O4S. The van der Waals surface area contributed by atoms with E-state index in [9.17, 15) is 18.0 Å². The van der Waals surface area contributed by atoms with Crippen molar-refractivity contribution in [2.24, 2.45) is 0 Å². The number of sulfonamides is 1. The highest BCUT2D eigenvalue weighted by molar-refractivity contribution is 7.89. The summed E-state index contributed by atoms with van der Waals surface area (Å²) >= 11 is 11.5. The van der Waals surface area contributed by atoms with Crippen LogP contribution >= 0.6 is 23.2 Å². The number of rotatable bonds is 3. The average molecular weight is 337 g/mol. The molecule has 6 nitrogen and oxygen atoms in total. The lowest BCUT2D eigenvalue weighted by Gasteiger charge is -2.21. The van der Waals surface area contributed by atoms with Gasteiger partial charge in [-0.25, -0.2) is 8.42 Å². The monoisotopic (exact) mass is 336 g/mol. The minimum atomic E-state index is -3.95. The standard InChI is InChI=1S/C11H10Cl2N2O4S/c12-6-3-7(13)5-8(4-6)20(18,19)15-9-1-2-10(16)14-11(9)17/h3-5,9,15H,1-2H2,(H,14,16,17). The molecule has 9 heteroatoms. The normalized spacial score (nSPS) is 19.8. The van der Waals surface area contributed by atoms with Crippen molar-refractivity contribution in [3.05, 3.63) is 28.2 Å². The molecule has 1 unspecified atom stereocenters. The van der Waals surface area contributed by atoms with Gasteiger partial charge < -0.3 is 0 Å². The van der Waals surface area contributed by atoms with Crippen molar-refractivity contribution in [3.8, 4) is 0 Å². The Bertz CT molecular complexity index is 655. The maximum Gasteiger partial charge on any atom is 0.244 e. The average Bonchev–Trinajstić information content (AvgIpc) is 2.31. The Labute approximate surface area is 125 Å². The fourth-order valence-electron chi connectivity index (χ4n) is 1.75. The molecule has 0 aromatic heterocycles. The summed E-state index contributed by atoms with van der Waals surface area (Å²) in [5.41, 5.74) is 0. The Kier molecular flexibility index (Phi) is 4.33. The Hall–Kier alpha value is -1.15.